The van der Waals surface area contributed by atoms with Crippen molar-refractivity contribution in [1.82, 2.24) is 0 Å². The van der Waals surface area contributed by atoms with E-state index in [4.69, 9.17) is 37.0 Å². The molecule has 3 N–H and O–H groups in total. The summed E-state index contributed by atoms with van der Waals surface area (Å²) < 4.78 is 68.4. The molecule has 3 unspecified atom stereocenters. The van der Waals surface area contributed by atoms with Gasteiger partial charge in [-0.15, -0.1) is 0 Å². The van der Waals surface area contributed by atoms with E-state index in [1.807, 2.05) is 0 Å². The highest BCUT2D eigenvalue weighted by molar-refractivity contribution is 7.47. The second kappa shape index (κ2) is 63.5. The van der Waals surface area contributed by atoms with E-state index in [9.17, 15) is 43.2 Å². The Bertz CT molecular complexity index is 1840. The van der Waals surface area contributed by atoms with Crippen LogP contribution in [0.2, 0.25) is 0 Å². The zero-order valence-corrected chi connectivity index (χ0v) is 62.7. The van der Waals surface area contributed by atoms with Gasteiger partial charge in [-0.2, -0.15) is 0 Å². The van der Waals surface area contributed by atoms with Crippen LogP contribution in [0.5, 0.6) is 0 Å². The Morgan fingerprint density at radius 2 is 0.516 bits per heavy atom. The van der Waals surface area contributed by atoms with E-state index in [-0.39, 0.29) is 25.7 Å². The summed E-state index contributed by atoms with van der Waals surface area (Å²) in [4.78, 5) is 72.6. The van der Waals surface area contributed by atoms with Crippen molar-refractivity contribution >= 4 is 39.5 Å². The van der Waals surface area contributed by atoms with Crippen molar-refractivity contribution < 1.29 is 80.2 Å². The first-order valence-electron chi connectivity index (χ1n) is 38.2. The van der Waals surface area contributed by atoms with E-state index < -0.39 is 97.5 Å². The van der Waals surface area contributed by atoms with Crippen LogP contribution >= 0.6 is 15.6 Å². The fraction of sp³-hybridized carbons (Fsp3) is 0.946. The highest BCUT2D eigenvalue weighted by atomic mass is 31.2. The van der Waals surface area contributed by atoms with Crippen LogP contribution in [0.3, 0.4) is 0 Å². The van der Waals surface area contributed by atoms with E-state index in [2.05, 4.69) is 55.4 Å². The summed E-state index contributed by atoms with van der Waals surface area (Å²) in [5.74, 6) is 0.866. The predicted octanol–water partition coefficient (Wildman–Crippen LogP) is 21.3. The Morgan fingerprint density at radius 3 is 0.763 bits per heavy atom. The van der Waals surface area contributed by atoms with Gasteiger partial charge in [-0.25, -0.2) is 9.13 Å². The first-order chi connectivity index (χ1) is 44.6. The molecule has 0 amide bonds. The number of esters is 4. The lowest BCUT2D eigenvalue weighted by Crippen LogP contribution is -2.30. The van der Waals surface area contributed by atoms with Crippen LogP contribution in [-0.2, 0) is 65.4 Å². The molecule has 0 aromatic rings. The monoisotopic (exact) mass is 1370 g/mol. The molecule has 0 radical (unpaired) electrons. The quantitative estimate of drug-likeness (QED) is 0.0222. The zero-order valence-electron chi connectivity index (χ0n) is 60.9. The maximum atomic E-state index is 13.0. The minimum Gasteiger partial charge on any atom is -0.462 e. The normalized spacial score (nSPS) is 14.5. The molecule has 93 heavy (non-hydrogen) atoms. The van der Waals surface area contributed by atoms with Crippen molar-refractivity contribution in [3.8, 4) is 0 Å². The van der Waals surface area contributed by atoms with Crippen LogP contribution < -0.4 is 0 Å². The molecule has 19 heteroatoms. The zero-order chi connectivity index (χ0) is 68.9. The number of phosphoric ester groups is 2. The third-order valence-electron chi connectivity index (χ3n) is 17.4. The lowest BCUT2D eigenvalue weighted by Gasteiger charge is -2.21. The topological polar surface area (TPSA) is 237 Å². The fourth-order valence-electron chi connectivity index (χ4n) is 11.2. The minimum absolute atomic E-state index is 0.102. The van der Waals surface area contributed by atoms with Crippen LogP contribution in [0.4, 0.5) is 0 Å². The highest BCUT2D eigenvalue weighted by Gasteiger charge is 2.30. The van der Waals surface area contributed by atoms with Gasteiger partial charge < -0.3 is 33.8 Å². The molecule has 0 aliphatic carbocycles. The van der Waals surface area contributed by atoms with Crippen molar-refractivity contribution in [2.45, 2.75) is 388 Å². The van der Waals surface area contributed by atoms with Crippen molar-refractivity contribution in [3.05, 3.63) is 0 Å². The van der Waals surface area contributed by atoms with Gasteiger partial charge in [0, 0.05) is 25.7 Å². The van der Waals surface area contributed by atoms with Gasteiger partial charge >= 0.3 is 39.5 Å². The molecule has 0 rings (SSSR count). The molecule has 17 nitrogen and oxygen atoms in total. The molecule has 0 spiro atoms. The molecule has 552 valence electrons. The average molecular weight is 1370 g/mol. The Balaban J connectivity index is 5.18. The van der Waals surface area contributed by atoms with Crippen molar-refractivity contribution in [1.29, 1.82) is 0 Å². The smallest absolute Gasteiger partial charge is 0.462 e. The summed E-state index contributed by atoms with van der Waals surface area (Å²) in [7, 11) is -9.91. The molecular formula is C74H144O17P2. The number of rotatable bonds is 71. The van der Waals surface area contributed by atoms with Crippen LogP contribution in [0.1, 0.15) is 370 Å². The Kier molecular flexibility index (Phi) is 62.2. The van der Waals surface area contributed by atoms with E-state index in [0.717, 1.165) is 114 Å². The second-order valence-electron chi connectivity index (χ2n) is 28.4. The van der Waals surface area contributed by atoms with E-state index >= 15 is 0 Å². The lowest BCUT2D eigenvalue weighted by molar-refractivity contribution is -0.161. The average Bonchev–Trinajstić information content (AvgIpc) is 2.79. The third-order valence-corrected chi connectivity index (χ3v) is 19.3. The lowest BCUT2D eigenvalue weighted by atomic mass is 10.00. The number of hydrogen-bond donors (Lipinski definition) is 3. The maximum absolute atomic E-state index is 13.0. The number of carbonyl (C=O) groups is 4. The number of carbonyl (C=O) groups excluding carboxylic acids is 4. The number of aliphatic hydroxyl groups excluding tert-OH is 1. The fourth-order valence-corrected chi connectivity index (χ4v) is 12.7. The number of unbranched alkanes of at least 4 members (excludes halogenated alkanes) is 36. The summed E-state index contributed by atoms with van der Waals surface area (Å²) in [6.07, 6.45) is 47.4. The first kappa shape index (κ1) is 91.1. The second-order valence-corrected chi connectivity index (χ2v) is 31.3. The minimum atomic E-state index is -4.95. The standard InChI is InChI=1S/C74H144O17P2/c1-9-67(8)53-45-37-31-33-39-47-55-72(77)85-61-69(90-73(78)56-48-40-29-25-21-17-13-11-15-19-23-27-35-43-51-65(4)5)62-88-92(80,81)86-58-68(75)59-87-93(82,83)89-63-70(91-74(79)57-49-41-32-30-36-44-52-66(6)7)60-84-71(76)54-46-38-28-24-20-16-12-10-14-18-22-26-34-42-50-64(2)3/h64-70,75H,9-63H2,1-8H3,(H,80,81)(H,82,83)/t67?,68-,69+,70+/m0/s1. The highest BCUT2D eigenvalue weighted by Crippen LogP contribution is 2.45. The van der Waals surface area contributed by atoms with Crippen molar-refractivity contribution in [2.75, 3.05) is 39.6 Å². The largest absolute Gasteiger partial charge is 0.472 e. The molecule has 0 bridgehead atoms. The maximum Gasteiger partial charge on any atom is 0.472 e. The summed E-state index contributed by atoms with van der Waals surface area (Å²) in [5, 5.41) is 10.6. The van der Waals surface area contributed by atoms with Gasteiger partial charge in [0.2, 0.25) is 0 Å². The molecule has 0 aromatic carbocycles. The van der Waals surface area contributed by atoms with Gasteiger partial charge in [-0.05, 0) is 49.4 Å². The molecule has 0 heterocycles. The van der Waals surface area contributed by atoms with Gasteiger partial charge in [-0.3, -0.25) is 37.3 Å². The Labute approximate surface area is 568 Å². The number of ether oxygens (including phenoxy) is 4. The summed E-state index contributed by atoms with van der Waals surface area (Å²) in [6, 6.07) is 0. The number of aliphatic hydroxyl groups is 1. The van der Waals surface area contributed by atoms with Gasteiger partial charge in [0.1, 0.15) is 19.3 Å². The van der Waals surface area contributed by atoms with Crippen molar-refractivity contribution in [3.63, 3.8) is 0 Å². The van der Waals surface area contributed by atoms with Crippen LogP contribution in [-0.4, -0.2) is 96.7 Å². The first-order valence-corrected chi connectivity index (χ1v) is 41.2. The third kappa shape index (κ3) is 67.0. The van der Waals surface area contributed by atoms with Crippen LogP contribution in [0.25, 0.3) is 0 Å². The van der Waals surface area contributed by atoms with Gasteiger partial charge in [0.15, 0.2) is 12.2 Å². The molecule has 0 aliphatic rings. The van der Waals surface area contributed by atoms with E-state index in [1.54, 1.807) is 0 Å². The molecule has 0 saturated heterocycles. The van der Waals surface area contributed by atoms with E-state index in [1.165, 1.54) is 167 Å². The number of hydrogen-bond acceptors (Lipinski definition) is 15. The summed E-state index contributed by atoms with van der Waals surface area (Å²) in [5.41, 5.74) is 0. The molecule has 0 aromatic heterocycles. The summed E-state index contributed by atoms with van der Waals surface area (Å²) >= 11 is 0. The van der Waals surface area contributed by atoms with E-state index in [0.29, 0.717) is 31.6 Å². The molecule has 0 fully saturated rings. The number of phosphoric acid groups is 2. The van der Waals surface area contributed by atoms with Gasteiger partial charge in [0.25, 0.3) is 0 Å². The van der Waals surface area contributed by atoms with Crippen molar-refractivity contribution in [2.24, 2.45) is 23.7 Å². The molecule has 0 aliphatic heterocycles. The van der Waals surface area contributed by atoms with Gasteiger partial charge in [-0.1, -0.05) is 319 Å². The van der Waals surface area contributed by atoms with Gasteiger partial charge in [0.05, 0.1) is 26.4 Å². The van der Waals surface area contributed by atoms with Crippen LogP contribution in [0.15, 0.2) is 0 Å². The Morgan fingerprint density at radius 1 is 0.301 bits per heavy atom. The predicted molar refractivity (Wildman–Crippen MR) is 377 cm³/mol. The van der Waals surface area contributed by atoms with Crippen LogP contribution in [0, 0.1) is 23.7 Å². The molecule has 6 atom stereocenters. The molecular weight excluding hydrogens is 1220 g/mol. The Hall–Kier alpha value is -1.94. The SMILES string of the molecule is CCC(C)CCCCCCCCC(=O)OC[C@H](COP(=O)(O)OC[C@H](O)COP(=O)(O)OC[C@@H](COC(=O)CCCCCCCCCCCCCCCCC(C)C)OC(=O)CCCCCCCCC(C)C)OC(=O)CCCCCCCCCCCCCCCCC(C)C. The molecule has 0 saturated carbocycles. The summed E-state index contributed by atoms with van der Waals surface area (Å²) in [6.45, 7) is 14.1.